The molecular weight excluding hydrogens is 476 g/mol. The second-order valence-electron chi connectivity index (χ2n) is 10.0. The van der Waals surface area contributed by atoms with Crippen LogP contribution in [0.25, 0.3) is 11.0 Å². The molecule has 0 atom stereocenters. The van der Waals surface area contributed by atoms with Crippen molar-refractivity contribution >= 4 is 38.5 Å². The quantitative estimate of drug-likeness (QED) is 0.493. The minimum absolute atomic E-state index is 0.203. The van der Waals surface area contributed by atoms with Gasteiger partial charge in [0.1, 0.15) is 11.5 Å². The number of piperazine rings is 1. The molecule has 2 aromatic heterocycles. The zero-order valence-electron chi connectivity index (χ0n) is 20.5. The molecule has 2 fully saturated rings. The van der Waals surface area contributed by atoms with E-state index >= 15 is 0 Å². The van der Waals surface area contributed by atoms with E-state index in [4.69, 9.17) is 4.98 Å². The van der Waals surface area contributed by atoms with Gasteiger partial charge in [-0.15, -0.1) is 0 Å². The highest BCUT2D eigenvalue weighted by Crippen LogP contribution is 2.45. The second-order valence-corrected chi connectivity index (χ2v) is 12.0. The number of likely N-dealkylation sites (N-methyl/N-ethyl adjacent to an activating group) is 1. The Hall–Kier alpha value is -3.15. The summed E-state index contributed by atoms with van der Waals surface area (Å²) in [5, 5.41) is 4.21. The SMILES string of the molecule is C=C1NNc2cc3cnc(Nc4ccc(S(=O)(=O)N5CCN(C)CC5)cc4)nc3n2C12CCCCC2. The summed E-state index contributed by atoms with van der Waals surface area (Å²) >= 11 is 0. The molecule has 11 heteroatoms. The maximum atomic E-state index is 13.0. The van der Waals surface area contributed by atoms with Crippen LogP contribution in [0.2, 0.25) is 0 Å². The Balaban J connectivity index is 1.27. The highest BCUT2D eigenvalue weighted by Gasteiger charge is 2.42. The van der Waals surface area contributed by atoms with Gasteiger partial charge in [-0.25, -0.2) is 13.4 Å². The predicted molar refractivity (Wildman–Crippen MR) is 140 cm³/mol. The molecule has 1 aromatic carbocycles. The van der Waals surface area contributed by atoms with Gasteiger partial charge in [-0.3, -0.25) is 9.99 Å². The summed E-state index contributed by atoms with van der Waals surface area (Å²) in [5.74, 6) is 1.43. The molecule has 4 heterocycles. The van der Waals surface area contributed by atoms with Crippen molar-refractivity contribution < 1.29 is 8.42 Å². The number of hydrogen-bond acceptors (Lipinski definition) is 8. The number of nitrogens with zero attached hydrogens (tertiary/aromatic N) is 5. The Labute approximate surface area is 211 Å². The summed E-state index contributed by atoms with van der Waals surface area (Å²) in [7, 11) is -1.50. The molecule has 1 spiro atoms. The van der Waals surface area contributed by atoms with Crippen molar-refractivity contribution in [3.63, 3.8) is 0 Å². The van der Waals surface area contributed by atoms with Crippen LogP contribution < -0.4 is 16.2 Å². The number of sulfonamides is 1. The molecule has 190 valence electrons. The van der Waals surface area contributed by atoms with Crippen LogP contribution in [-0.4, -0.2) is 65.4 Å². The lowest BCUT2D eigenvalue weighted by Crippen LogP contribution is -2.48. The number of nitrogens with one attached hydrogen (secondary N) is 3. The summed E-state index contributed by atoms with van der Waals surface area (Å²) in [6.07, 6.45) is 7.40. The van der Waals surface area contributed by atoms with Crippen LogP contribution in [0.1, 0.15) is 32.1 Å². The fraction of sp³-hybridized carbons (Fsp3) is 0.440. The van der Waals surface area contributed by atoms with E-state index in [2.05, 4.69) is 43.3 Å². The monoisotopic (exact) mass is 508 g/mol. The van der Waals surface area contributed by atoms with Crippen molar-refractivity contribution in [1.82, 2.24) is 29.2 Å². The Bertz CT molecular complexity index is 1400. The van der Waals surface area contributed by atoms with Gasteiger partial charge in [0.25, 0.3) is 0 Å². The molecule has 0 unspecified atom stereocenters. The smallest absolute Gasteiger partial charge is 0.243 e. The van der Waals surface area contributed by atoms with Gasteiger partial charge in [0.05, 0.1) is 16.1 Å². The van der Waals surface area contributed by atoms with E-state index in [9.17, 15) is 8.42 Å². The lowest BCUT2D eigenvalue weighted by molar-refractivity contribution is 0.222. The molecule has 10 nitrogen and oxygen atoms in total. The number of anilines is 3. The first-order valence-corrected chi connectivity index (χ1v) is 14.0. The molecular formula is C25H32N8O2S. The predicted octanol–water partition coefficient (Wildman–Crippen LogP) is 3.21. The standard InChI is InChI=1S/C25H32N8O2S/c1-18-25(10-4-3-5-11-25)33-22(30-29-18)16-19-17-26-24(28-23(19)33)27-20-6-8-21(9-7-20)36(34,35)32-14-12-31(2)13-15-32/h6-9,16-17,29-30H,1,3-5,10-15H2,2H3,(H,26,27,28). The third-order valence-electron chi connectivity index (χ3n) is 7.76. The highest BCUT2D eigenvalue weighted by atomic mass is 32.2. The first-order chi connectivity index (χ1) is 17.4. The largest absolute Gasteiger partial charge is 0.324 e. The zero-order valence-corrected chi connectivity index (χ0v) is 21.3. The average Bonchev–Trinajstić information content (AvgIpc) is 3.27. The van der Waals surface area contributed by atoms with Gasteiger partial charge in [0.2, 0.25) is 16.0 Å². The molecule has 6 rings (SSSR count). The average molecular weight is 509 g/mol. The molecule has 2 aliphatic heterocycles. The van der Waals surface area contributed by atoms with E-state index in [1.165, 1.54) is 6.42 Å². The maximum Gasteiger partial charge on any atom is 0.243 e. The number of fused-ring (bicyclic) bond motifs is 4. The van der Waals surface area contributed by atoms with Gasteiger partial charge in [-0.1, -0.05) is 25.8 Å². The summed E-state index contributed by atoms with van der Waals surface area (Å²) in [6, 6.07) is 8.88. The molecule has 3 aromatic rings. The third-order valence-corrected chi connectivity index (χ3v) is 9.68. The molecule has 1 aliphatic carbocycles. The second kappa shape index (κ2) is 8.75. The van der Waals surface area contributed by atoms with E-state index in [1.54, 1.807) is 28.6 Å². The van der Waals surface area contributed by atoms with Crippen LogP contribution >= 0.6 is 0 Å². The number of rotatable bonds is 4. The lowest BCUT2D eigenvalue weighted by atomic mass is 9.79. The fourth-order valence-electron chi connectivity index (χ4n) is 5.64. The zero-order chi connectivity index (χ0) is 24.9. The number of hydrogen-bond donors (Lipinski definition) is 3. The molecule has 36 heavy (non-hydrogen) atoms. The van der Waals surface area contributed by atoms with E-state index < -0.39 is 10.0 Å². The van der Waals surface area contributed by atoms with Crippen molar-refractivity contribution in [2.24, 2.45) is 0 Å². The lowest BCUT2D eigenvalue weighted by Gasteiger charge is -2.45. The van der Waals surface area contributed by atoms with E-state index in [1.807, 2.05) is 13.2 Å². The summed E-state index contributed by atoms with van der Waals surface area (Å²) in [5.41, 5.74) is 8.88. The van der Waals surface area contributed by atoms with Crippen LogP contribution in [0, 0.1) is 0 Å². The van der Waals surface area contributed by atoms with Gasteiger partial charge in [-0.2, -0.15) is 9.29 Å². The molecule has 0 radical (unpaired) electrons. The van der Waals surface area contributed by atoms with Crippen molar-refractivity contribution in [1.29, 1.82) is 0 Å². The normalized spacial score (nSPS) is 20.6. The van der Waals surface area contributed by atoms with Gasteiger partial charge < -0.3 is 15.6 Å². The van der Waals surface area contributed by atoms with E-state index in [0.29, 0.717) is 23.9 Å². The Morgan fingerprint density at radius 3 is 2.47 bits per heavy atom. The first kappa shape index (κ1) is 23.3. The topological polar surface area (TPSA) is 107 Å². The minimum Gasteiger partial charge on any atom is -0.324 e. The first-order valence-electron chi connectivity index (χ1n) is 12.5. The molecule has 0 amide bonds. The third kappa shape index (κ3) is 3.82. The van der Waals surface area contributed by atoms with Crippen molar-refractivity contribution in [3.8, 4) is 0 Å². The molecule has 3 aliphatic rings. The van der Waals surface area contributed by atoms with Crippen LogP contribution in [0.15, 0.2) is 53.7 Å². The number of allylic oxidation sites excluding steroid dienone is 1. The number of benzene rings is 1. The number of aromatic nitrogens is 3. The van der Waals surface area contributed by atoms with Crippen LogP contribution in [-0.2, 0) is 15.6 Å². The van der Waals surface area contributed by atoms with Crippen molar-refractivity contribution in [3.05, 3.63) is 48.8 Å². The van der Waals surface area contributed by atoms with Crippen LogP contribution in [0.4, 0.5) is 17.5 Å². The van der Waals surface area contributed by atoms with Crippen LogP contribution in [0.5, 0.6) is 0 Å². The Morgan fingerprint density at radius 1 is 1.03 bits per heavy atom. The minimum atomic E-state index is -3.50. The van der Waals surface area contributed by atoms with Gasteiger partial charge in [-0.05, 0) is 50.2 Å². The van der Waals surface area contributed by atoms with E-state index in [-0.39, 0.29) is 5.54 Å². The fourth-order valence-corrected chi connectivity index (χ4v) is 7.07. The Kier molecular flexibility index (Phi) is 5.66. The van der Waals surface area contributed by atoms with Gasteiger partial charge in [0.15, 0.2) is 0 Å². The molecule has 0 bridgehead atoms. The van der Waals surface area contributed by atoms with Crippen molar-refractivity contribution in [2.45, 2.75) is 42.5 Å². The van der Waals surface area contributed by atoms with E-state index in [0.717, 1.165) is 67.0 Å². The summed E-state index contributed by atoms with van der Waals surface area (Å²) < 4.78 is 29.9. The van der Waals surface area contributed by atoms with Crippen molar-refractivity contribution in [2.75, 3.05) is 44.0 Å². The maximum absolute atomic E-state index is 13.0. The Morgan fingerprint density at radius 2 is 1.75 bits per heavy atom. The molecule has 3 N–H and O–H groups in total. The molecule has 1 saturated heterocycles. The number of hydrazine groups is 1. The highest BCUT2D eigenvalue weighted by molar-refractivity contribution is 7.89. The summed E-state index contributed by atoms with van der Waals surface area (Å²) in [4.78, 5) is 11.8. The van der Waals surface area contributed by atoms with Gasteiger partial charge >= 0.3 is 0 Å². The van der Waals surface area contributed by atoms with Crippen LogP contribution in [0.3, 0.4) is 0 Å². The molecule has 1 saturated carbocycles. The summed E-state index contributed by atoms with van der Waals surface area (Å²) in [6.45, 7) is 6.81. The van der Waals surface area contributed by atoms with Gasteiger partial charge in [0, 0.05) is 43.4 Å².